The Hall–Kier alpha value is -3.93. The lowest BCUT2D eigenvalue weighted by Gasteiger charge is -2.09. The summed E-state index contributed by atoms with van der Waals surface area (Å²) in [5.74, 6) is 0.852. The van der Waals surface area contributed by atoms with Crippen LogP contribution in [0.2, 0.25) is 0 Å². The zero-order valence-electron chi connectivity index (χ0n) is 21.3. The summed E-state index contributed by atoms with van der Waals surface area (Å²) in [5.41, 5.74) is 6.84. The first-order chi connectivity index (χ1) is 18.7. The predicted molar refractivity (Wildman–Crippen MR) is 164 cm³/mol. The van der Waals surface area contributed by atoms with Gasteiger partial charge in [0.25, 0.3) is 0 Å². The molecular formula is C33H27N3S2. The first kappa shape index (κ1) is 24.4. The van der Waals surface area contributed by atoms with Crippen molar-refractivity contribution in [2.24, 2.45) is 0 Å². The Balaban J connectivity index is 1.34. The predicted octanol–water partition coefficient (Wildman–Crippen LogP) is 9.33. The summed E-state index contributed by atoms with van der Waals surface area (Å²) >= 11 is 3.48. The van der Waals surface area contributed by atoms with Gasteiger partial charge in [0, 0.05) is 28.8 Å². The van der Waals surface area contributed by atoms with E-state index in [0.29, 0.717) is 6.54 Å². The van der Waals surface area contributed by atoms with E-state index in [1.165, 1.54) is 26.8 Å². The number of aromatic nitrogens is 2. The Morgan fingerprint density at radius 1 is 0.763 bits per heavy atom. The van der Waals surface area contributed by atoms with E-state index < -0.39 is 0 Å². The maximum absolute atomic E-state index is 5.15. The molecule has 3 nitrogen and oxygen atoms in total. The average Bonchev–Trinajstić information content (AvgIpc) is 3.42. The third kappa shape index (κ3) is 5.21. The molecule has 0 unspecified atom stereocenters. The van der Waals surface area contributed by atoms with Gasteiger partial charge in [-0.2, -0.15) is 0 Å². The van der Waals surface area contributed by atoms with Crippen LogP contribution in [0.25, 0.3) is 43.0 Å². The monoisotopic (exact) mass is 529 g/mol. The van der Waals surface area contributed by atoms with E-state index in [0.717, 1.165) is 38.1 Å². The molecule has 0 atom stereocenters. The van der Waals surface area contributed by atoms with Crippen molar-refractivity contribution in [2.75, 3.05) is 11.6 Å². The van der Waals surface area contributed by atoms with Crippen LogP contribution >= 0.6 is 23.1 Å². The van der Waals surface area contributed by atoms with Crippen molar-refractivity contribution in [3.8, 4) is 32.3 Å². The fourth-order valence-corrected chi connectivity index (χ4v) is 6.07. The van der Waals surface area contributed by atoms with Gasteiger partial charge < -0.3 is 5.32 Å². The normalized spacial score (nSPS) is 11.1. The Bertz CT molecular complexity index is 1720. The van der Waals surface area contributed by atoms with Crippen LogP contribution in [0.3, 0.4) is 0 Å². The summed E-state index contributed by atoms with van der Waals surface area (Å²) in [7, 11) is 0. The highest BCUT2D eigenvalue weighted by Gasteiger charge is 2.17. The number of pyridine rings is 1. The summed E-state index contributed by atoms with van der Waals surface area (Å²) in [4.78, 5) is 12.2. The Kier molecular flexibility index (Phi) is 6.95. The van der Waals surface area contributed by atoms with Crippen LogP contribution in [0, 0.1) is 6.92 Å². The lowest BCUT2D eigenvalue weighted by atomic mass is 10.1. The SMILES string of the molecule is CSc1ccc(-c2nc(-c3cccc(C)c3)c(-c3ccnc(NCc4ccc5ccccc5c4)c3)s2)cc1. The van der Waals surface area contributed by atoms with Gasteiger partial charge in [0.05, 0.1) is 10.6 Å². The Morgan fingerprint density at radius 3 is 2.42 bits per heavy atom. The average molecular weight is 530 g/mol. The second-order valence-electron chi connectivity index (χ2n) is 9.26. The van der Waals surface area contributed by atoms with Crippen molar-refractivity contribution in [2.45, 2.75) is 18.4 Å². The number of anilines is 1. The molecule has 6 aromatic rings. The number of hydrogen-bond acceptors (Lipinski definition) is 5. The molecule has 0 saturated carbocycles. The molecule has 5 heteroatoms. The topological polar surface area (TPSA) is 37.8 Å². The summed E-state index contributed by atoms with van der Waals surface area (Å²) in [6.45, 7) is 2.83. The van der Waals surface area contributed by atoms with Gasteiger partial charge >= 0.3 is 0 Å². The minimum absolute atomic E-state index is 0.710. The maximum Gasteiger partial charge on any atom is 0.126 e. The van der Waals surface area contributed by atoms with Crippen molar-refractivity contribution in [1.82, 2.24) is 9.97 Å². The first-order valence-corrected chi connectivity index (χ1v) is 14.6. The number of nitrogens with zero attached hydrogens (tertiary/aromatic N) is 2. The van der Waals surface area contributed by atoms with Crippen LogP contribution in [0.15, 0.2) is 114 Å². The molecule has 6 rings (SSSR count). The number of nitrogens with one attached hydrogen (secondary N) is 1. The molecule has 2 aromatic heterocycles. The number of rotatable bonds is 7. The number of benzene rings is 4. The number of aryl methyl sites for hydroxylation is 1. The highest BCUT2D eigenvalue weighted by Crippen LogP contribution is 2.41. The first-order valence-electron chi connectivity index (χ1n) is 12.6. The molecule has 0 radical (unpaired) electrons. The van der Waals surface area contributed by atoms with Crippen molar-refractivity contribution < 1.29 is 0 Å². The van der Waals surface area contributed by atoms with Gasteiger partial charge in [-0.3, -0.25) is 0 Å². The molecule has 0 aliphatic rings. The number of thiazole rings is 1. The largest absolute Gasteiger partial charge is 0.366 e. The van der Waals surface area contributed by atoms with Gasteiger partial charge in [-0.05, 0) is 71.5 Å². The molecular weight excluding hydrogens is 503 g/mol. The van der Waals surface area contributed by atoms with Crippen LogP contribution < -0.4 is 5.32 Å². The van der Waals surface area contributed by atoms with Crippen molar-refractivity contribution in [3.05, 3.63) is 120 Å². The lowest BCUT2D eigenvalue weighted by molar-refractivity contribution is 1.12. The Labute approximate surface area is 231 Å². The highest BCUT2D eigenvalue weighted by atomic mass is 32.2. The van der Waals surface area contributed by atoms with E-state index in [1.807, 2.05) is 6.20 Å². The molecule has 1 N–H and O–H groups in total. The standard InChI is InChI=1S/C33H27N3S2/c1-22-6-5-9-27(18-22)31-32(38-33(36-31)25-12-14-29(37-2)15-13-25)28-16-17-34-30(20-28)35-21-23-10-11-24-7-3-4-8-26(24)19-23/h3-20H,21H2,1-2H3,(H,34,35). The smallest absolute Gasteiger partial charge is 0.126 e. The molecule has 0 amide bonds. The maximum atomic E-state index is 5.15. The van der Waals surface area contributed by atoms with E-state index in [2.05, 4.69) is 127 Å². The minimum Gasteiger partial charge on any atom is -0.366 e. The third-order valence-corrected chi connectivity index (χ3v) is 8.46. The molecule has 0 spiro atoms. The molecule has 38 heavy (non-hydrogen) atoms. The molecule has 0 aliphatic heterocycles. The lowest BCUT2D eigenvalue weighted by Crippen LogP contribution is -2.01. The van der Waals surface area contributed by atoms with E-state index in [1.54, 1.807) is 23.1 Å². The van der Waals surface area contributed by atoms with Crippen molar-refractivity contribution >= 4 is 39.7 Å². The van der Waals surface area contributed by atoms with Gasteiger partial charge in [0.15, 0.2) is 0 Å². The number of fused-ring (bicyclic) bond motifs is 1. The summed E-state index contributed by atoms with van der Waals surface area (Å²) in [6.07, 6.45) is 3.98. The van der Waals surface area contributed by atoms with Gasteiger partial charge in [-0.15, -0.1) is 23.1 Å². The number of hydrogen-bond donors (Lipinski definition) is 1. The van der Waals surface area contributed by atoms with Crippen molar-refractivity contribution in [1.29, 1.82) is 0 Å². The fourth-order valence-electron chi connectivity index (χ4n) is 4.57. The summed E-state index contributed by atoms with van der Waals surface area (Å²) < 4.78 is 0. The van der Waals surface area contributed by atoms with Crippen molar-refractivity contribution in [3.63, 3.8) is 0 Å². The van der Waals surface area contributed by atoms with E-state index >= 15 is 0 Å². The van der Waals surface area contributed by atoms with E-state index in [9.17, 15) is 0 Å². The quantitative estimate of drug-likeness (QED) is 0.209. The number of thioether (sulfide) groups is 1. The summed E-state index contributed by atoms with van der Waals surface area (Å²) in [6, 6.07) is 36.5. The molecule has 0 aliphatic carbocycles. The zero-order valence-corrected chi connectivity index (χ0v) is 22.9. The minimum atomic E-state index is 0.710. The Morgan fingerprint density at radius 2 is 1.61 bits per heavy atom. The van der Waals surface area contributed by atoms with Gasteiger partial charge in [0.1, 0.15) is 10.8 Å². The van der Waals surface area contributed by atoms with Crippen LogP contribution in [0.5, 0.6) is 0 Å². The molecule has 2 heterocycles. The second-order valence-corrected chi connectivity index (χ2v) is 11.1. The van der Waals surface area contributed by atoms with Gasteiger partial charge in [-0.25, -0.2) is 9.97 Å². The molecule has 186 valence electrons. The third-order valence-electron chi connectivity index (χ3n) is 6.57. The second kappa shape index (κ2) is 10.8. The molecule has 0 bridgehead atoms. The van der Waals surface area contributed by atoms with Gasteiger partial charge in [-0.1, -0.05) is 72.3 Å². The van der Waals surface area contributed by atoms with E-state index in [4.69, 9.17) is 4.98 Å². The van der Waals surface area contributed by atoms with Crippen LogP contribution in [-0.4, -0.2) is 16.2 Å². The van der Waals surface area contributed by atoms with Crippen LogP contribution in [0.1, 0.15) is 11.1 Å². The van der Waals surface area contributed by atoms with Gasteiger partial charge in [0.2, 0.25) is 0 Å². The van der Waals surface area contributed by atoms with E-state index in [-0.39, 0.29) is 0 Å². The fraction of sp³-hybridized carbons (Fsp3) is 0.0909. The molecule has 0 saturated heterocycles. The molecule has 4 aromatic carbocycles. The zero-order chi connectivity index (χ0) is 25.9. The van der Waals surface area contributed by atoms with Crippen LogP contribution in [0.4, 0.5) is 5.82 Å². The van der Waals surface area contributed by atoms with Crippen LogP contribution in [-0.2, 0) is 6.54 Å². The summed E-state index contributed by atoms with van der Waals surface area (Å²) in [5, 5.41) is 7.05. The molecule has 0 fully saturated rings. The highest BCUT2D eigenvalue weighted by molar-refractivity contribution is 7.98.